The minimum Gasteiger partial charge on any atom is -0.872 e. The lowest BCUT2D eigenvalue weighted by molar-refractivity contribution is -0.907. The Morgan fingerprint density at radius 3 is 2.71 bits per heavy atom. The van der Waals surface area contributed by atoms with Crippen LogP contribution in [0, 0.1) is 6.92 Å². The molecule has 0 spiro atoms. The number of rotatable bonds is 6. The third-order valence-electron chi connectivity index (χ3n) is 5.91. The fraction of sp³-hybridized carbons (Fsp3) is 0.391. The Labute approximate surface area is 185 Å². The summed E-state index contributed by atoms with van der Waals surface area (Å²) in [5, 5.41) is 15.3. The Kier molecular flexibility index (Phi) is 6.41. The average Bonchev–Trinajstić information content (AvgIpc) is 3.40. The molecule has 1 atom stereocenters. The third-order valence-corrected chi connectivity index (χ3v) is 6.83. The SMILES string of the molecule is COc1ccc(/C([O-])=C2\C(=O)C(=O)N(CC[NH+]3CCOCC3)C2c2cccs2)cc1C. The van der Waals surface area contributed by atoms with Gasteiger partial charge in [0.15, 0.2) is 0 Å². The maximum Gasteiger partial charge on any atom is 0.295 e. The van der Waals surface area contributed by atoms with Gasteiger partial charge in [-0.15, -0.1) is 11.3 Å². The highest BCUT2D eigenvalue weighted by molar-refractivity contribution is 7.10. The number of methoxy groups -OCH3 is 1. The molecule has 1 aromatic carbocycles. The molecule has 164 valence electrons. The molecule has 0 radical (unpaired) electrons. The highest BCUT2D eigenvalue weighted by Gasteiger charge is 2.45. The smallest absolute Gasteiger partial charge is 0.295 e. The maximum absolute atomic E-state index is 13.4. The van der Waals surface area contributed by atoms with Gasteiger partial charge in [0.25, 0.3) is 5.91 Å². The van der Waals surface area contributed by atoms with Crippen molar-refractivity contribution in [2.45, 2.75) is 13.0 Å². The zero-order chi connectivity index (χ0) is 22.0. The van der Waals surface area contributed by atoms with Gasteiger partial charge in [0.1, 0.15) is 18.8 Å². The summed E-state index contributed by atoms with van der Waals surface area (Å²) in [6.07, 6.45) is 0. The van der Waals surface area contributed by atoms with Gasteiger partial charge in [-0.25, -0.2) is 0 Å². The van der Waals surface area contributed by atoms with Gasteiger partial charge in [-0.1, -0.05) is 17.9 Å². The van der Waals surface area contributed by atoms with Crippen LogP contribution >= 0.6 is 11.3 Å². The van der Waals surface area contributed by atoms with E-state index in [9.17, 15) is 14.7 Å². The Bertz CT molecular complexity index is 995. The summed E-state index contributed by atoms with van der Waals surface area (Å²) >= 11 is 1.45. The van der Waals surface area contributed by atoms with Crippen molar-refractivity contribution in [3.05, 3.63) is 57.3 Å². The number of thiophene rings is 1. The molecule has 8 heteroatoms. The van der Waals surface area contributed by atoms with Gasteiger partial charge < -0.3 is 24.4 Å². The van der Waals surface area contributed by atoms with Crippen molar-refractivity contribution >= 4 is 28.8 Å². The van der Waals surface area contributed by atoms with Crippen LogP contribution < -0.4 is 14.7 Å². The number of nitrogens with one attached hydrogen (secondary N) is 1. The normalized spacial score (nSPS) is 21.6. The van der Waals surface area contributed by atoms with Crippen molar-refractivity contribution in [3.8, 4) is 5.75 Å². The molecule has 1 N–H and O–H groups in total. The van der Waals surface area contributed by atoms with Crippen LogP contribution in [0.2, 0.25) is 0 Å². The maximum atomic E-state index is 13.4. The lowest BCUT2D eigenvalue weighted by atomic mass is 9.99. The van der Waals surface area contributed by atoms with Crippen LogP contribution in [0.15, 0.2) is 41.3 Å². The van der Waals surface area contributed by atoms with Crippen LogP contribution in [0.4, 0.5) is 0 Å². The number of likely N-dealkylation sites (tertiary alicyclic amines) is 1. The second kappa shape index (κ2) is 9.21. The molecule has 2 aromatic rings. The lowest BCUT2D eigenvalue weighted by Crippen LogP contribution is -3.14. The largest absolute Gasteiger partial charge is 0.872 e. The zero-order valence-electron chi connectivity index (χ0n) is 17.7. The predicted octanol–water partition coefficient (Wildman–Crippen LogP) is 0.204. The van der Waals surface area contributed by atoms with Gasteiger partial charge in [0, 0.05) is 10.5 Å². The fourth-order valence-electron chi connectivity index (χ4n) is 4.21. The number of quaternary nitrogens is 1. The van der Waals surface area contributed by atoms with E-state index < -0.39 is 23.5 Å². The van der Waals surface area contributed by atoms with E-state index in [0.29, 0.717) is 37.6 Å². The van der Waals surface area contributed by atoms with E-state index in [0.717, 1.165) is 23.5 Å². The molecule has 0 aliphatic carbocycles. The Hall–Kier alpha value is -2.68. The van der Waals surface area contributed by atoms with Crippen LogP contribution in [-0.4, -0.2) is 63.1 Å². The Morgan fingerprint density at radius 1 is 1.29 bits per heavy atom. The van der Waals surface area contributed by atoms with Crippen molar-refractivity contribution in [1.82, 2.24) is 4.90 Å². The van der Waals surface area contributed by atoms with Crippen LogP contribution in [-0.2, 0) is 14.3 Å². The number of aryl methyl sites for hydroxylation is 1. The molecule has 1 unspecified atom stereocenters. The van der Waals surface area contributed by atoms with E-state index in [1.54, 1.807) is 30.2 Å². The first-order valence-corrected chi connectivity index (χ1v) is 11.3. The number of amides is 1. The molecule has 4 rings (SSSR count). The molecule has 1 aromatic heterocycles. The monoisotopic (exact) mass is 442 g/mol. The number of hydrogen-bond donors (Lipinski definition) is 1. The molecule has 2 fully saturated rings. The summed E-state index contributed by atoms with van der Waals surface area (Å²) in [4.78, 5) is 29.7. The first kappa shape index (κ1) is 21.5. The van der Waals surface area contributed by atoms with Crippen LogP contribution in [0.1, 0.15) is 22.0 Å². The summed E-state index contributed by atoms with van der Waals surface area (Å²) in [7, 11) is 1.57. The predicted molar refractivity (Wildman–Crippen MR) is 115 cm³/mol. The number of carbonyl (C=O) groups is 2. The number of nitrogens with zero attached hydrogens (tertiary/aromatic N) is 1. The van der Waals surface area contributed by atoms with Gasteiger partial charge in [0.2, 0.25) is 5.78 Å². The molecule has 1 amide bonds. The molecule has 2 aliphatic heterocycles. The number of benzene rings is 1. The number of ether oxygens (including phenoxy) is 2. The third kappa shape index (κ3) is 4.23. The van der Waals surface area contributed by atoms with Crippen molar-refractivity contribution in [2.75, 3.05) is 46.5 Å². The quantitative estimate of drug-likeness (QED) is 0.393. The van der Waals surface area contributed by atoms with Crippen molar-refractivity contribution in [2.24, 2.45) is 0 Å². The highest BCUT2D eigenvalue weighted by atomic mass is 32.1. The van der Waals surface area contributed by atoms with Crippen LogP contribution in [0.25, 0.3) is 5.76 Å². The first-order chi connectivity index (χ1) is 15.0. The minimum atomic E-state index is -0.700. The van der Waals surface area contributed by atoms with Gasteiger partial charge in [-0.05, 0) is 41.6 Å². The highest BCUT2D eigenvalue weighted by Crippen LogP contribution is 2.40. The van der Waals surface area contributed by atoms with E-state index in [4.69, 9.17) is 9.47 Å². The topological polar surface area (TPSA) is 83.3 Å². The zero-order valence-corrected chi connectivity index (χ0v) is 18.5. The van der Waals surface area contributed by atoms with E-state index in [2.05, 4.69) is 0 Å². The van der Waals surface area contributed by atoms with Gasteiger partial charge in [-0.2, -0.15) is 0 Å². The van der Waals surface area contributed by atoms with E-state index in [1.807, 2.05) is 24.4 Å². The van der Waals surface area contributed by atoms with Crippen molar-refractivity contribution in [1.29, 1.82) is 0 Å². The number of hydrogen-bond acceptors (Lipinski definition) is 6. The fourth-order valence-corrected chi connectivity index (χ4v) is 5.05. The molecule has 3 heterocycles. The van der Waals surface area contributed by atoms with Crippen molar-refractivity contribution < 1.29 is 29.1 Å². The van der Waals surface area contributed by atoms with Crippen LogP contribution in [0.5, 0.6) is 5.75 Å². The van der Waals surface area contributed by atoms with Gasteiger partial charge in [-0.3, -0.25) is 9.59 Å². The molecule has 2 aliphatic rings. The molecule has 0 bridgehead atoms. The summed E-state index contributed by atoms with van der Waals surface area (Å²) in [5.41, 5.74) is 1.22. The molecule has 7 nitrogen and oxygen atoms in total. The number of morpholine rings is 1. The molecular formula is C23H26N2O5S. The molecule has 2 saturated heterocycles. The summed E-state index contributed by atoms with van der Waals surface area (Å²) in [5.74, 6) is -1.03. The van der Waals surface area contributed by atoms with Crippen LogP contribution in [0.3, 0.4) is 0 Å². The first-order valence-electron chi connectivity index (χ1n) is 10.4. The number of carbonyl (C=O) groups excluding carboxylic acids is 2. The van der Waals surface area contributed by atoms with Gasteiger partial charge >= 0.3 is 0 Å². The molecule has 31 heavy (non-hydrogen) atoms. The molecular weight excluding hydrogens is 416 g/mol. The summed E-state index contributed by atoms with van der Waals surface area (Å²) < 4.78 is 10.7. The second-order valence-electron chi connectivity index (χ2n) is 7.79. The van der Waals surface area contributed by atoms with E-state index in [-0.39, 0.29) is 5.57 Å². The number of Topliss-reactive ketones (excluding diaryl/α,β-unsaturated/α-hetero) is 1. The second-order valence-corrected chi connectivity index (χ2v) is 8.76. The van der Waals surface area contributed by atoms with E-state index in [1.165, 1.54) is 16.2 Å². The Balaban J connectivity index is 1.70. The summed E-state index contributed by atoms with van der Waals surface area (Å²) in [6.45, 7) is 6.12. The average molecular weight is 443 g/mol. The van der Waals surface area contributed by atoms with E-state index >= 15 is 0 Å². The van der Waals surface area contributed by atoms with Gasteiger partial charge in [0.05, 0.1) is 39.5 Å². The number of ketones is 1. The summed E-state index contributed by atoms with van der Waals surface area (Å²) in [6, 6.07) is 8.17. The lowest BCUT2D eigenvalue weighted by Gasteiger charge is -2.29. The minimum absolute atomic E-state index is 0.0361. The molecule has 0 saturated carbocycles. The van der Waals surface area contributed by atoms with Crippen molar-refractivity contribution in [3.63, 3.8) is 0 Å². The Morgan fingerprint density at radius 2 is 2.06 bits per heavy atom. The standard InChI is InChI=1S/C23H26N2O5S/c1-15-14-16(5-6-17(15)29-2)21(26)19-20(18-4-3-13-31-18)25(23(28)22(19)27)8-7-24-9-11-30-12-10-24/h3-6,13-14,20,26H,7-12H2,1-2H3/b21-19+.